The zero-order chi connectivity index (χ0) is 20.1. The zero-order valence-corrected chi connectivity index (χ0v) is 15.2. The number of pyridine rings is 1. The molecule has 0 saturated heterocycles. The van der Waals surface area contributed by atoms with Gasteiger partial charge in [0, 0.05) is 12.7 Å². The molecule has 0 unspecified atom stereocenters. The Labute approximate surface area is 159 Å². The number of hydrogen-bond donors (Lipinski definition) is 1. The number of aromatic nitrogens is 1. The van der Waals surface area contributed by atoms with Gasteiger partial charge in [0.05, 0.1) is 16.8 Å². The van der Waals surface area contributed by atoms with Gasteiger partial charge in [-0.25, -0.2) is 12.8 Å². The lowest BCUT2D eigenvalue weighted by atomic mass is 10.2. The van der Waals surface area contributed by atoms with Gasteiger partial charge in [0.1, 0.15) is 5.75 Å². The van der Waals surface area contributed by atoms with Crippen molar-refractivity contribution < 1.29 is 26.3 Å². The van der Waals surface area contributed by atoms with Crippen LogP contribution >= 0.6 is 0 Å². The van der Waals surface area contributed by atoms with E-state index in [1.807, 2.05) is 0 Å². The van der Waals surface area contributed by atoms with Crippen molar-refractivity contribution >= 4 is 15.5 Å². The van der Waals surface area contributed by atoms with E-state index in [9.17, 15) is 21.6 Å². The van der Waals surface area contributed by atoms with Crippen LogP contribution in [-0.2, 0) is 16.4 Å². The standard InChI is InChI=1S/C19H15F3N2O3S/c20-15-10-13(7-8-17(15)27-14-4-3-9-23-12-14)11-24-16-5-1-2-6-18(16)28(25,26)19(21)22/h1-10,12,19,24H,11H2. The molecule has 2 aromatic carbocycles. The van der Waals surface area contributed by atoms with E-state index in [-0.39, 0.29) is 18.0 Å². The van der Waals surface area contributed by atoms with Gasteiger partial charge in [0.15, 0.2) is 11.6 Å². The first kappa shape index (κ1) is 19.7. The lowest BCUT2D eigenvalue weighted by molar-refractivity contribution is 0.235. The Morgan fingerprint density at radius 1 is 1.07 bits per heavy atom. The van der Waals surface area contributed by atoms with E-state index in [0.29, 0.717) is 11.3 Å². The molecule has 1 heterocycles. The maximum Gasteiger partial charge on any atom is 0.341 e. The van der Waals surface area contributed by atoms with Gasteiger partial charge in [-0.15, -0.1) is 0 Å². The maximum absolute atomic E-state index is 14.3. The molecule has 5 nitrogen and oxygen atoms in total. The summed E-state index contributed by atoms with van der Waals surface area (Å²) in [5.74, 6) is -3.79. The minimum atomic E-state index is -4.76. The maximum atomic E-state index is 14.3. The van der Waals surface area contributed by atoms with Crippen LogP contribution in [0.4, 0.5) is 18.9 Å². The predicted octanol–water partition coefficient (Wildman–Crippen LogP) is 4.62. The van der Waals surface area contributed by atoms with E-state index < -0.39 is 26.3 Å². The minimum absolute atomic E-state index is 0.00238. The third-order valence-electron chi connectivity index (χ3n) is 3.77. The summed E-state index contributed by atoms with van der Waals surface area (Å²) in [6.45, 7) is 0.0276. The second kappa shape index (κ2) is 8.30. The molecule has 0 bridgehead atoms. The number of rotatable bonds is 7. The molecule has 3 rings (SSSR count). The number of benzene rings is 2. The molecule has 0 aliphatic heterocycles. The topological polar surface area (TPSA) is 68.3 Å². The Kier molecular flexibility index (Phi) is 5.84. The molecule has 9 heteroatoms. The third kappa shape index (κ3) is 4.42. The SMILES string of the molecule is O=S(=O)(c1ccccc1NCc1ccc(Oc2cccnc2)c(F)c1)C(F)F. The van der Waals surface area contributed by atoms with Crippen molar-refractivity contribution in [1.29, 1.82) is 0 Å². The first-order valence-corrected chi connectivity index (χ1v) is 9.64. The first-order valence-electron chi connectivity index (χ1n) is 8.09. The van der Waals surface area contributed by atoms with Gasteiger partial charge in [-0.1, -0.05) is 18.2 Å². The monoisotopic (exact) mass is 408 g/mol. The van der Waals surface area contributed by atoms with Crippen molar-refractivity contribution in [2.75, 3.05) is 5.32 Å². The Morgan fingerprint density at radius 2 is 1.86 bits per heavy atom. The lowest BCUT2D eigenvalue weighted by Crippen LogP contribution is -2.14. The molecule has 0 spiro atoms. The predicted molar refractivity (Wildman–Crippen MR) is 97.7 cm³/mol. The number of halogens is 3. The molecule has 0 saturated carbocycles. The number of para-hydroxylation sites is 1. The molecule has 0 atom stereocenters. The van der Waals surface area contributed by atoms with Gasteiger partial charge in [-0.2, -0.15) is 8.78 Å². The molecular formula is C19H15F3N2O3S. The van der Waals surface area contributed by atoms with Crippen molar-refractivity contribution in [2.45, 2.75) is 17.2 Å². The molecule has 0 radical (unpaired) electrons. The average molecular weight is 408 g/mol. The van der Waals surface area contributed by atoms with Crippen LogP contribution < -0.4 is 10.1 Å². The van der Waals surface area contributed by atoms with Gasteiger partial charge >= 0.3 is 5.76 Å². The van der Waals surface area contributed by atoms with Crippen molar-refractivity contribution in [3.05, 3.63) is 78.4 Å². The number of hydrogen-bond acceptors (Lipinski definition) is 5. The van der Waals surface area contributed by atoms with Gasteiger partial charge in [-0.3, -0.25) is 4.98 Å². The van der Waals surface area contributed by atoms with E-state index in [4.69, 9.17) is 4.74 Å². The molecule has 1 aromatic heterocycles. The minimum Gasteiger partial charge on any atom is -0.453 e. The summed E-state index contributed by atoms with van der Waals surface area (Å²) < 4.78 is 68.9. The van der Waals surface area contributed by atoms with Gasteiger partial charge in [-0.05, 0) is 42.0 Å². The quantitative estimate of drug-likeness (QED) is 0.618. The molecule has 0 fully saturated rings. The van der Waals surface area contributed by atoms with Crippen molar-refractivity contribution in [3.8, 4) is 11.5 Å². The summed E-state index contributed by atoms with van der Waals surface area (Å²) >= 11 is 0. The number of ether oxygens (including phenoxy) is 1. The molecule has 3 aromatic rings. The summed E-state index contributed by atoms with van der Waals surface area (Å²) in [6, 6.07) is 12.8. The first-order chi connectivity index (χ1) is 13.4. The summed E-state index contributed by atoms with van der Waals surface area (Å²) in [6.07, 6.45) is 3.00. The molecule has 0 aliphatic rings. The molecule has 1 N–H and O–H groups in total. The largest absolute Gasteiger partial charge is 0.453 e. The van der Waals surface area contributed by atoms with Crippen LogP contribution in [0.2, 0.25) is 0 Å². The van der Waals surface area contributed by atoms with Crippen molar-refractivity contribution in [1.82, 2.24) is 4.98 Å². The van der Waals surface area contributed by atoms with E-state index in [0.717, 1.165) is 6.07 Å². The van der Waals surface area contributed by atoms with Gasteiger partial charge < -0.3 is 10.1 Å². The number of nitrogens with one attached hydrogen (secondary N) is 1. The molecule has 0 amide bonds. The number of sulfone groups is 1. The Bertz CT molecular complexity index is 1060. The Hall–Kier alpha value is -3.07. The fourth-order valence-corrected chi connectivity index (χ4v) is 3.33. The normalized spacial score (nSPS) is 11.4. The van der Waals surface area contributed by atoms with E-state index in [1.54, 1.807) is 24.4 Å². The van der Waals surface area contributed by atoms with E-state index in [1.165, 1.54) is 36.5 Å². The van der Waals surface area contributed by atoms with Gasteiger partial charge in [0.2, 0.25) is 9.84 Å². The number of alkyl halides is 2. The van der Waals surface area contributed by atoms with Crippen LogP contribution in [0.25, 0.3) is 0 Å². The molecular weight excluding hydrogens is 393 g/mol. The van der Waals surface area contributed by atoms with Crippen LogP contribution in [0.3, 0.4) is 0 Å². The van der Waals surface area contributed by atoms with Crippen molar-refractivity contribution in [3.63, 3.8) is 0 Å². The fourth-order valence-electron chi connectivity index (χ4n) is 2.43. The zero-order valence-electron chi connectivity index (χ0n) is 14.3. The highest BCUT2D eigenvalue weighted by atomic mass is 32.2. The highest BCUT2D eigenvalue weighted by molar-refractivity contribution is 7.91. The fraction of sp³-hybridized carbons (Fsp3) is 0.105. The van der Waals surface area contributed by atoms with Crippen molar-refractivity contribution in [2.24, 2.45) is 0 Å². The van der Waals surface area contributed by atoms with Crippen LogP contribution in [0.1, 0.15) is 5.56 Å². The summed E-state index contributed by atoms with van der Waals surface area (Å²) in [7, 11) is -4.76. The summed E-state index contributed by atoms with van der Waals surface area (Å²) in [5.41, 5.74) is 0.485. The van der Waals surface area contributed by atoms with E-state index in [2.05, 4.69) is 10.3 Å². The number of nitrogens with zero attached hydrogens (tertiary/aromatic N) is 1. The summed E-state index contributed by atoms with van der Waals surface area (Å²) in [4.78, 5) is 3.36. The number of anilines is 1. The highest BCUT2D eigenvalue weighted by Crippen LogP contribution is 2.28. The van der Waals surface area contributed by atoms with Crippen LogP contribution in [-0.4, -0.2) is 19.2 Å². The van der Waals surface area contributed by atoms with E-state index >= 15 is 0 Å². The smallest absolute Gasteiger partial charge is 0.341 e. The van der Waals surface area contributed by atoms with Crippen LogP contribution in [0.15, 0.2) is 71.9 Å². The average Bonchev–Trinajstić information content (AvgIpc) is 2.69. The van der Waals surface area contributed by atoms with Crippen LogP contribution in [0.5, 0.6) is 11.5 Å². The molecule has 146 valence electrons. The Balaban J connectivity index is 1.75. The lowest BCUT2D eigenvalue weighted by Gasteiger charge is -2.13. The second-order valence-corrected chi connectivity index (χ2v) is 7.60. The highest BCUT2D eigenvalue weighted by Gasteiger charge is 2.28. The second-order valence-electron chi connectivity index (χ2n) is 5.71. The molecule has 0 aliphatic carbocycles. The third-order valence-corrected chi connectivity index (χ3v) is 5.21. The van der Waals surface area contributed by atoms with Crippen LogP contribution in [0, 0.1) is 5.82 Å². The summed E-state index contributed by atoms with van der Waals surface area (Å²) in [5, 5.41) is 2.76. The molecule has 28 heavy (non-hydrogen) atoms. The Morgan fingerprint density at radius 3 is 2.54 bits per heavy atom. The van der Waals surface area contributed by atoms with Gasteiger partial charge in [0.25, 0.3) is 0 Å².